The van der Waals surface area contributed by atoms with Gasteiger partial charge in [-0.05, 0) is 0 Å². The minimum atomic E-state index is -0.318. The summed E-state index contributed by atoms with van der Waals surface area (Å²) in [5, 5.41) is 1.31. The third kappa shape index (κ3) is 1.72. The monoisotopic (exact) mass is 386 g/mol. The first kappa shape index (κ1) is 14.9. The molecule has 0 bridgehead atoms. The van der Waals surface area contributed by atoms with Crippen LogP contribution in [0.4, 0.5) is 0 Å². The molecule has 5 aromatic rings. The third-order valence-corrected chi connectivity index (χ3v) is 7.89. The summed E-state index contributed by atoms with van der Waals surface area (Å²) in [6.07, 6.45) is 0. The first-order chi connectivity index (χ1) is 11.9. The van der Waals surface area contributed by atoms with Crippen molar-refractivity contribution in [2.24, 2.45) is 0 Å². The van der Waals surface area contributed by atoms with Gasteiger partial charge in [0.25, 0.3) is 0 Å². The van der Waals surface area contributed by atoms with Crippen LogP contribution in [-0.2, 0) is 0 Å². The minimum absolute atomic E-state index is 0.190. The van der Waals surface area contributed by atoms with Crippen molar-refractivity contribution in [2.45, 2.75) is 13.8 Å². The number of aromatic nitrogens is 2. The molecule has 0 unspecified atom stereocenters. The number of nitrogens with zero attached hydrogens (tertiary/aromatic N) is 2. The highest BCUT2D eigenvalue weighted by Gasteiger charge is 2.27. The average Bonchev–Trinajstić information content (AvgIpc) is 3.28. The summed E-state index contributed by atoms with van der Waals surface area (Å²) in [4.78, 5) is 56.9. The lowest BCUT2D eigenvalue weighted by molar-refractivity contribution is 0.100. The average molecular weight is 386 g/mol. The molecule has 122 valence electrons. The van der Waals surface area contributed by atoms with Gasteiger partial charge in [0.15, 0.2) is 21.6 Å². The van der Waals surface area contributed by atoms with Gasteiger partial charge in [-0.25, -0.2) is 9.97 Å². The molecule has 25 heavy (non-hydrogen) atoms. The van der Waals surface area contributed by atoms with Gasteiger partial charge >= 0.3 is 0 Å². The Kier molecular flexibility index (Phi) is 2.76. The molecular formula is C16H6N2O4S3. The topological polar surface area (TPSA) is 94.1 Å². The predicted molar refractivity (Wildman–Crippen MR) is 101 cm³/mol. The van der Waals surface area contributed by atoms with E-state index in [4.69, 9.17) is 0 Å². The number of hydrogen-bond donors (Lipinski definition) is 0. The number of ketones is 2. The van der Waals surface area contributed by atoms with Gasteiger partial charge in [-0.3, -0.25) is 19.2 Å². The highest BCUT2D eigenvalue weighted by molar-refractivity contribution is 7.34. The molecular weight excluding hydrogens is 380 g/mol. The molecule has 2 aromatic carbocycles. The van der Waals surface area contributed by atoms with Gasteiger partial charge in [-0.1, -0.05) is 0 Å². The standard InChI is InChI=1S/C16H6N2O4S3/c1-3(19)15-17-7-9(21)5-6-10(22)8-14(25-16(18-8)4(2)20)12(6)23-11(5)13(7)24-15/h1-2H3. The van der Waals surface area contributed by atoms with Crippen LogP contribution in [0.1, 0.15) is 33.5 Å². The van der Waals surface area contributed by atoms with E-state index in [1.807, 2.05) is 0 Å². The zero-order valence-corrected chi connectivity index (χ0v) is 15.2. The van der Waals surface area contributed by atoms with Gasteiger partial charge in [0.2, 0.25) is 10.9 Å². The molecule has 0 aliphatic rings. The van der Waals surface area contributed by atoms with E-state index in [-0.39, 0.29) is 33.5 Å². The van der Waals surface area contributed by atoms with E-state index in [0.29, 0.717) is 39.6 Å². The Morgan fingerprint density at radius 1 is 0.680 bits per heavy atom. The van der Waals surface area contributed by atoms with Crippen molar-refractivity contribution in [3.8, 4) is 0 Å². The molecule has 0 radical (unpaired) electrons. The van der Waals surface area contributed by atoms with E-state index < -0.39 is 0 Å². The lowest BCUT2D eigenvalue weighted by Crippen LogP contribution is -2.02. The second kappa shape index (κ2) is 4.63. The summed E-state index contributed by atoms with van der Waals surface area (Å²) in [5.41, 5.74) is -0.137. The van der Waals surface area contributed by atoms with Crippen molar-refractivity contribution in [3.63, 3.8) is 0 Å². The Morgan fingerprint density at radius 3 is 1.44 bits per heavy atom. The molecule has 0 amide bonds. The Labute approximate surface area is 150 Å². The van der Waals surface area contributed by atoms with E-state index in [1.165, 1.54) is 47.9 Å². The largest absolute Gasteiger partial charge is 0.292 e. The van der Waals surface area contributed by atoms with Crippen molar-refractivity contribution in [1.29, 1.82) is 0 Å². The van der Waals surface area contributed by atoms with Gasteiger partial charge in [0.1, 0.15) is 11.0 Å². The maximum atomic E-state index is 12.8. The zero-order chi connectivity index (χ0) is 17.6. The fourth-order valence-electron chi connectivity index (χ4n) is 2.98. The number of hydrogen-bond acceptors (Lipinski definition) is 9. The molecule has 0 saturated heterocycles. The van der Waals surface area contributed by atoms with Gasteiger partial charge in [0.05, 0.1) is 29.6 Å². The SMILES string of the molecule is CC(=O)c1nc2c(=O)c3c(sc4c5sc(C(C)=O)nc5c(=O)c43)c2s1. The summed E-state index contributed by atoms with van der Waals surface area (Å²) in [6.45, 7) is 2.81. The number of carbonyl (C=O) groups excluding carboxylic acids is 2. The van der Waals surface area contributed by atoms with Gasteiger partial charge in [0, 0.05) is 13.8 Å². The Bertz CT molecular complexity index is 1380. The Balaban J connectivity index is 1.99. The molecule has 0 atom stereocenters. The van der Waals surface area contributed by atoms with E-state index in [0.717, 1.165) is 0 Å². The molecule has 0 fully saturated rings. The molecule has 3 heterocycles. The molecule has 0 N–H and O–H groups in total. The second-order valence-corrected chi connectivity index (χ2v) is 8.69. The molecule has 9 heteroatoms. The number of thiazole rings is 2. The van der Waals surface area contributed by atoms with Crippen LogP contribution in [0, 0.1) is 0 Å². The van der Waals surface area contributed by atoms with Crippen LogP contribution in [-0.4, -0.2) is 21.5 Å². The highest BCUT2D eigenvalue weighted by Crippen LogP contribution is 2.43. The van der Waals surface area contributed by atoms with Crippen LogP contribution in [0.2, 0.25) is 0 Å². The molecule has 0 saturated carbocycles. The maximum absolute atomic E-state index is 12.8. The van der Waals surface area contributed by atoms with Crippen molar-refractivity contribution in [1.82, 2.24) is 9.97 Å². The third-order valence-electron chi connectivity index (χ3n) is 4.06. The smallest absolute Gasteiger partial charge is 0.215 e. The summed E-state index contributed by atoms with van der Waals surface area (Å²) in [7, 11) is 0. The van der Waals surface area contributed by atoms with Crippen LogP contribution in [0.25, 0.3) is 40.6 Å². The first-order valence-corrected chi connectivity index (χ1v) is 9.64. The molecule has 6 nitrogen and oxygen atoms in total. The minimum Gasteiger partial charge on any atom is -0.292 e. The number of carbonyl (C=O) groups is 2. The summed E-state index contributed by atoms with van der Waals surface area (Å²) < 4.78 is 2.67. The molecule has 0 aliphatic heterocycles. The van der Waals surface area contributed by atoms with E-state index >= 15 is 0 Å². The van der Waals surface area contributed by atoms with Crippen LogP contribution in [0.5, 0.6) is 0 Å². The summed E-state index contributed by atoms with van der Waals surface area (Å²) in [6, 6.07) is 0. The van der Waals surface area contributed by atoms with Crippen molar-refractivity contribution < 1.29 is 9.59 Å². The molecule has 5 rings (SSSR count). The molecule has 0 spiro atoms. The highest BCUT2D eigenvalue weighted by atomic mass is 32.1. The Morgan fingerprint density at radius 2 is 1.08 bits per heavy atom. The molecule has 0 aliphatic carbocycles. The van der Waals surface area contributed by atoms with Gasteiger partial charge < -0.3 is 0 Å². The van der Waals surface area contributed by atoms with Crippen molar-refractivity contribution >= 4 is 86.2 Å². The lowest BCUT2D eigenvalue weighted by atomic mass is 10.3. The van der Waals surface area contributed by atoms with Crippen LogP contribution in [0.15, 0.2) is 9.59 Å². The number of thiophene rings is 1. The fraction of sp³-hybridized carbons (Fsp3) is 0.125. The number of fused-ring (bicyclic) bond motifs is 7. The maximum Gasteiger partial charge on any atom is 0.215 e. The predicted octanol–water partition coefficient (Wildman–Crippen LogP) is 3.28. The van der Waals surface area contributed by atoms with E-state index in [9.17, 15) is 19.2 Å². The normalized spacial score (nSPS) is 12.2. The molecule has 3 aromatic heterocycles. The zero-order valence-electron chi connectivity index (χ0n) is 12.8. The summed E-state index contributed by atoms with van der Waals surface area (Å²) >= 11 is 3.68. The van der Waals surface area contributed by atoms with Crippen molar-refractivity contribution in [3.05, 3.63) is 30.5 Å². The number of Topliss-reactive ketones (excluding diaryl/α,β-unsaturated/α-hetero) is 2. The quantitative estimate of drug-likeness (QED) is 0.432. The first-order valence-electron chi connectivity index (χ1n) is 7.19. The van der Waals surface area contributed by atoms with Crippen LogP contribution < -0.4 is 10.9 Å². The van der Waals surface area contributed by atoms with Crippen LogP contribution >= 0.6 is 34.0 Å². The second-order valence-electron chi connectivity index (χ2n) is 5.67. The number of rotatable bonds is 2. The van der Waals surface area contributed by atoms with Gasteiger partial charge in [-0.2, -0.15) is 0 Å². The van der Waals surface area contributed by atoms with Gasteiger partial charge in [-0.15, -0.1) is 34.0 Å². The summed E-state index contributed by atoms with van der Waals surface area (Å²) in [5.74, 6) is -0.380. The Hall–Kier alpha value is -2.36. The van der Waals surface area contributed by atoms with E-state index in [2.05, 4.69) is 9.97 Å². The van der Waals surface area contributed by atoms with E-state index in [1.54, 1.807) is 0 Å². The van der Waals surface area contributed by atoms with Crippen molar-refractivity contribution in [2.75, 3.05) is 0 Å². The fourth-order valence-corrected chi connectivity index (χ4v) is 6.46. The van der Waals surface area contributed by atoms with Crippen LogP contribution in [0.3, 0.4) is 0 Å². The lowest BCUT2D eigenvalue weighted by Gasteiger charge is -1.82.